The molecular weight excluding hydrogens is 382 g/mol. The van der Waals surface area contributed by atoms with Gasteiger partial charge < -0.3 is 14.2 Å². The molecule has 5 rings (SSSR count). The van der Waals surface area contributed by atoms with E-state index in [1.165, 1.54) is 6.33 Å². The molecule has 2 fully saturated rings. The van der Waals surface area contributed by atoms with Crippen molar-refractivity contribution in [2.75, 3.05) is 13.1 Å². The van der Waals surface area contributed by atoms with E-state index in [9.17, 15) is 4.79 Å². The lowest BCUT2D eigenvalue weighted by Crippen LogP contribution is -2.32. The zero-order valence-electron chi connectivity index (χ0n) is 17.4. The van der Waals surface area contributed by atoms with Crippen molar-refractivity contribution in [1.82, 2.24) is 34.4 Å². The first-order valence-corrected chi connectivity index (χ1v) is 10.5. The first kappa shape index (κ1) is 18.9. The van der Waals surface area contributed by atoms with Crippen molar-refractivity contribution in [2.45, 2.75) is 46.3 Å². The molecule has 9 nitrogen and oxygen atoms in total. The predicted molar refractivity (Wildman–Crippen MR) is 110 cm³/mol. The van der Waals surface area contributed by atoms with Crippen LogP contribution in [0.4, 0.5) is 0 Å². The molecule has 3 atom stereocenters. The van der Waals surface area contributed by atoms with Crippen LogP contribution >= 0.6 is 0 Å². The Bertz CT molecular complexity index is 1090. The number of aryl methyl sites for hydroxylation is 2. The van der Waals surface area contributed by atoms with Gasteiger partial charge in [-0.05, 0) is 26.2 Å². The van der Waals surface area contributed by atoms with Crippen LogP contribution in [0.5, 0.6) is 5.88 Å². The first-order valence-electron chi connectivity index (χ1n) is 10.5. The van der Waals surface area contributed by atoms with E-state index in [1.807, 2.05) is 23.3 Å². The van der Waals surface area contributed by atoms with Crippen molar-refractivity contribution >= 4 is 17.1 Å². The Balaban J connectivity index is 1.41. The lowest BCUT2D eigenvalue weighted by molar-refractivity contribution is -0.132. The number of ether oxygens (including phenoxy) is 1. The van der Waals surface area contributed by atoms with Crippen LogP contribution in [-0.4, -0.2) is 59.5 Å². The smallest absolute Gasteiger partial charge is 0.245 e. The fourth-order valence-corrected chi connectivity index (χ4v) is 4.11. The number of fused-ring (bicyclic) bond motifs is 1. The number of hydrogen-bond acceptors (Lipinski definition) is 7. The third kappa shape index (κ3) is 3.28. The van der Waals surface area contributed by atoms with Crippen LogP contribution < -0.4 is 4.74 Å². The van der Waals surface area contributed by atoms with Gasteiger partial charge in [-0.3, -0.25) is 4.79 Å². The number of amides is 1. The van der Waals surface area contributed by atoms with E-state index in [-0.39, 0.29) is 17.9 Å². The summed E-state index contributed by atoms with van der Waals surface area (Å²) in [5.41, 5.74) is 2.16. The molecule has 9 heteroatoms. The average molecular weight is 407 g/mol. The number of carbonyl (C=O) groups is 1. The number of carbonyl (C=O) groups excluding carboxylic acids is 1. The molecule has 1 amide bonds. The molecule has 156 valence electrons. The first-order chi connectivity index (χ1) is 14.5. The highest BCUT2D eigenvalue weighted by molar-refractivity contribution is 5.82. The van der Waals surface area contributed by atoms with Crippen molar-refractivity contribution < 1.29 is 9.53 Å². The largest absolute Gasteiger partial charge is 0.471 e. The minimum absolute atomic E-state index is 0.0842. The summed E-state index contributed by atoms with van der Waals surface area (Å²) in [7, 11) is 0. The maximum absolute atomic E-state index is 12.5. The molecule has 0 radical (unpaired) electrons. The van der Waals surface area contributed by atoms with Crippen LogP contribution in [0.2, 0.25) is 0 Å². The van der Waals surface area contributed by atoms with Crippen molar-refractivity contribution in [3.8, 4) is 17.3 Å². The summed E-state index contributed by atoms with van der Waals surface area (Å²) < 4.78 is 8.22. The highest BCUT2D eigenvalue weighted by atomic mass is 16.5. The Morgan fingerprint density at radius 1 is 1.23 bits per heavy atom. The maximum Gasteiger partial charge on any atom is 0.245 e. The van der Waals surface area contributed by atoms with Gasteiger partial charge in [-0.15, -0.1) is 0 Å². The fourth-order valence-electron chi connectivity index (χ4n) is 4.11. The molecule has 1 aliphatic heterocycles. The van der Waals surface area contributed by atoms with Crippen LogP contribution in [-0.2, 0) is 11.3 Å². The molecule has 0 N–H and O–H groups in total. The Morgan fingerprint density at radius 3 is 2.70 bits per heavy atom. The molecule has 1 saturated carbocycles. The Labute approximate surface area is 174 Å². The molecule has 0 spiro atoms. The molecule has 4 heterocycles. The number of hydrogen-bond donors (Lipinski definition) is 0. The molecular formula is C21H25N7O2. The van der Waals surface area contributed by atoms with E-state index >= 15 is 0 Å². The summed E-state index contributed by atoms with van der Waals surface area (Å²) >= 11 is 0. The summed E-state index contributed by atoms with van der Waals surface area (Å²) in [5, 5.41) is 0. The summed E-state index contributed by atoms with van der Waals surface area (Å²) in [6.07, 6.45) is 6.76. The van der Waals surface area contributed by atoms with Crippen molar-refractivity contribution in [2.24, 2.45) is 11.8 Å². The zero-order chi connectivity index (χ0) is 20.8. The van der Waals surface area contributed by atoms with Gasteiger partial charge in [0.1, 0.15) is 24.1 Å². The lowest BCUT2D eigenvalue weighted by atomic mass is 10.3. The second-order valence-electron chi connectivity index (χ2n) is 8.18. The van der Waals surface area contributed by atoms with Gasteiger partial charge in [0.25, 0.3) is 0 Å². The van der Waals surface area contributed by atoms with Crippen LogP contribution in [0.15, 0.2) is 18.7 Å². The normalized spacial score (nSPS) is 23.2. The number of likely N-dealkylation sites (tertiary alicyclic amines) is 1. The van der Waals surface area contributed by atoms with Gasteiger partial charge in [-0.1, -0.05) is 6.92 Å². The molecule has 2 aliphatic rings. The molecule has 3 aromatic heterocycles. The van der Waals surface area contributed by atoms with Crippen molar-refractivity contribution in [3.63, 3.8) is 0 Å². The minimum atomic E-state index is -0.0842. The second kappa shape index (κ2) is 7.30. The van der Waals surface area contributed by atoms with Crippen LogP contribution in [0.1, 0.15) is 32.5 Å². The minimum Gasteiger partial charge on any atom is -0.471 e. The van der Waals surface area contributed by atoms with Crippen LogP contribution in [0, 0.1) is 18.8 Å². The predicted octanol–water partition coefficient (Wildman–Crippen LogP) is 2.25. The fraction of sp³-hybridized carbons (Fsp3) is 0.524. The van der Waals surface area contributed by atoms with Gasteiger partial charge in [0.05, 0.1) is 12.1 Å². The van der Waals surface area contributed by atoms with E-state index in [1.54, 1.807) is 12.4 Å². The van der Waals surface area contributed by atoms with Crippen LogP contribution in [0.25, 0.3) is 22.6 Å². The highest BCUT2D eigenvalue weighted by Gasteiger charge is 2.43. The third-order valence-electron chi connectivity index (χ3n) is 6.02. The van der Waals surface area contributed by atoms with Crippen molar-refractivity contribution in [3.05, 3.63) is 24.5 Å². The quantitative estimate of drug-likeness (QED) is 0.639. The zero-order valence-corrected chi connectivity index (χ0v) is 17.4. The molecule has 0 bridgehead atoms. The molecule has 30 heavy (non-hydrogen) atoms. The lowest BCUT2D eigenvalue weighted by Gasteiger charge is -2.17. The van der Waals surface area contributed by atoms with E-state index in [4.69, 9.17) is 9.72 Å². The van der Waals surface area contributed by atoms with Gasteiger partial charge in [-0.25, -0.2) is 19.9 Å². The molecule has 0 aromatic carbocycles. The van der Waals surface area contributed by atoms with E-state index < -0.39 is 0 Å². The number of nitrogens with zero attached hydrogens (tertiary/aromatic N) is 7. The summed E-state index contributed by atoms with van der Waals surface area (Å²) in [6.45, 7) is 8.05. The van der Waals surface area contributed by atoms with E-state index in [2.05, 4.69) is 26.9 Å². The SMILES string of the molecule is CCn1c(-c2cnc(C)nc2)nc2c(O[C@H]3CCN(C(=O)C4CC4C)C3)ncnc21. The summed E-state index contributed by atoms with van der Waals surface area (Å²) in [6, 6.07) is 0. The molecule has 1 saturated heterocycles. The summed E-state index contributed by atoms with van der Waals surface area (Å²) in [5.74, 6) is 2.89. The maximum atomic E-state index is 12.5. The standard InChI is InChI=1S/C21H25N7O2/c1-4-28-18(14-8-22-13(3)23-9-14)26-17-19(28)24-11-25-20(17)30-15-5-6-27(10-15)21(29)16-7-12(16)2/h8-9,11-12,15-16H,4-7,10H2,1-3H3/t12?,15-,16?/m0/s1. The van der Waals surface area contributed by atoms with E-state index in [0.717, 1.165) is 36.4 Å². The van der Waals surface area contributed by atoms with Gasteiger partial charge in [-0.2, -0.15) is 4.98 Å². The Morgan fingerprint density at radius 2 is 2.00 bits per heavy atom. The van der Waals surface area contributed by atoms with Gasteiger partial charge >= 0.3 is 0 Å². The number of imidazole rings is 1. The third-order valence-corrected chi connectivity index (χ3v) is 6.02. The van der Waals surface area contributed by atoms with Gasteiger partial charge in [0.15, 0.2) is 11.2 Å². The van der Waals surface area contributed by atoms with Gasteiger partial charge in [0.2, 0.25) is 11.8 Å². The highest BCUT2D eigenvalue weighted by Crippen LogP contribution is 2.40. The monoisotopic (exact) mass is 407 g/mol. The molecule has 1 aliphatic carbocycles. The van der Waals surface area contributed by atoms with Crippen molar-refractivity contribution in [1.29, 1.82) is 0 Å². The molecule has 2 unspecified atom stereocenters. The number of rotatable bonds is 5. The molecule has 3 aromatic rings. The van der Waals surface area contributed by atoms with E-state index in [0.29, 0.717) is 36.2 Å². The van der Waals surface area contributed by atoms with Crippen LogP contribution in [0.3, 0.4) is 0 Å². The number of aromatic nitrogens is 6. The topological polar surface area (TPSA) is 98.9 Å². The Kier molecular flexibility index (Phi) is 4.60. The second-order valence-corrected chi connectivity index (χ2v) is 8.18. The van der Waals surface area contributed by atoms with Gasteiger partial charge in [0, 0.05) is 37.8 Å². The Hall–Kier alpha value is -3.10. The summed E-state index contributed by atoms with van der Waals surface area (Å²) in [4.78, 5) is 36.6. The average Bonchev–Trinajstić information content (AvgIpc) is 3.14.